The number of thiazole rings is 1. The van der Waals surface area contributed by atoms with Crippen molar-refractivity contribution in [3.05, 3.63) is 45.7 Å². The summed E-state index contributed by atoms with van der Waals surface area (Å²) in [6, 6.07) is 5.31. The lowest BCUT2D eigenvalue weighted by molar-refractivity contribution is 0.0703. The minimum Gasteiger partial charge on any atom is -0.477 e. The monoisotopic (exact) mass is 429 g/mol. The van der Waals surface area contributed by atoms with Gasteiger partial charge in [0.05, 0.1) is 11.4 Å². The van der Waals surface area contributed by atoms with Gasteiger partial charge in [-0.25, -0.2) is 14.8 Å². The van der Waals surface area contributed by atoms with Gasteiger partial charge in [0.2, 0.25) is 0 Å². The number of amides is 1. The molecule has 0 radical (unpaired) electrons. The van der Waals surface area contributed by atoms with Gasteiger partial charge in [-0.1, -0.05) is 0 Å². The molecular weight excluding hydrogens is 410 g/mol. The van der Waals surface area contributed by atoms with Gasteiger partial charge in [-0.15, -0.1) is 22.7 Å². The molecule has 0 spiro atoms. The average molecular weight is 430 g/mol. The highest BCUT2D eigenvalue weighted by Crippen LogP contribution is 2.29. The molecule has 1 saturated heterocycles. The van der Waals surface area contributed by atoms with Crippen molar-refractivity contribution < 1.29 is 14.7 Å². The van der Waals surface area contributed by atoms with Gasteiger partial charge < -0.3 is 20.6 Å². The zero-order valence-corrected chi connectivity index (χ0v) is 17.1. The standard InChI is InChI=1S/C19H19N5O3S2/c25-17(21-13-5-4-7-20-16(13)24-8-2-1-3-9-24)14-11-29-19(23-14)22-12-6-10-28-15(12)18(26)27/h4-7,10-11H,1-3,8-9H2,(H,21,25)(H,22,23)(H,26,27). The van der Waals surface area contributed by atoms with Crippen LogP contribution in [0.3, 0.4) is 0 Å². The fourth-order valence-corrected chi connectivity index (χ4v) is 4.55. The number of aromatic carboxylic acids is 1. The lowest BCUT2D eigenvalue weighted by atomic mass is 10.1. The number of hydrogen-bond acceptors (Lipinski definition) is 8. The van der Waals surface area contributed by atoms with Crippen molar-refractivity contribution in [1.82, 2.24) is 9.97 Å². The number of rotatable bonds is 6. The maximum Gasteiger partial charge on any atom is 0.348 e. The molecule has 0 atom stereocenters. The maximum atomic E-state index is 12.7. The summed E-state index contributed by atoms with van der Waals surface area (Å²) in [6.07, 6.45) is 5.18. The molecule has 1 aliphatic rings. The smallest absolute Gasteiger partial charge is 0.348 e. The number of carbonyl (C=O) groups is 2. The van der Waals surface area contributed by atoms with Gasteiger partial charge in [0.25, 0.3) is 5.91 Å². The lowest BCUT2D eigenvalue weighted by Gasteiger charge is -2.29. The van der Waals surface area contributed by atoms with Crippen LogP contribution in [0.15, 0.2) is 35.2 Å². The van der Waals surface area contributed by atoms with Crippen LogP contribution in [0.1, 0.15) is 39.4 Å². The van der Waals surface area contributed by atoms with E-state index in [2.05, 4.69) is 25.5 Å². The Morgan fingerprint density at radius 2 is 1.93 bits per heavy atom. The molecule has 0 unspecified atom stereocenters. The fraction of sp³-hybridized carbons (Fsp3) is 0.263. The van der Waals surface area contributed by atoms with Crippen molar-refractivity contribution in [3.8, 4) is 0 Å². The number of thiophene rings is 1. The SMILES string of the molecule is O=C(Nc1cccnc1N1CCCCC1)c1csc(Nc2ccsc2C(=O)O)n1. The van der Waals surface area contributed by atoms with E-state index in [0.717, 1.165) is 43.1 Å². The van der Waals surface area contributed by atoms with Gasteiger partial charge >= 0.3 is 5.97 Å². The van der Waals surface area contributed by atoms with E-state index in [1.165, 1.54) is 17.8 Å². The molecule has 1 fully saturated rings. The predicted octanol–water partition coefficient (Wildman–Crippen LogP) is 4.28. The number of hydrogen-bond donors (Lipinski definition) is 3. The topological polar surface area (TPSA) is 107 Å². The van der Waals surface area contributed by atoms with E-state index < -0.39 is 5.97 Å². The number of carbonyl (C=O) groups excluding carboxylic acids is 1. The van der Waals surface area contributed by atoms with Gasteiger partial charge in [0.1, 0.15) is 10.6 Å². The Kier molecular flexibility index (Phi) is 5.72. The molecule has 0 saturated carbocycles. The van der Waals surface area contributed by atoms with Crippen LogP contribution in [0.25, 0.3) is 0 Å². The summed E-state index contributed by atoms with van der Waals surface area (Å²) in [5.74, 6) is -0.554. The molecule has 0 aliphatic carbocycles. The van der Waals surface area contributed by atoms with Crippen LogP contribution >= 0.6 is 22.7 Å². The normalized spacial score (nSPS) is 13.9. The van der Waals surface area contributed by atoms with Gasteiger partial charge in [0, 0.05) is 24.7 Å². The minimum atomic E-state index is -1.00. The van der Waals surface area contributed by atoms with E-state index in [0.29, 0.717) is 16.5 Å². The van der Waals surface area contributed by atoms with E-state index >= 15 is 0 Å². The first-order valence-electron chi connectivity index (χ1n) is 9.16. The van der Waals surface area contributed by atoms with Gasteiger partial charge in [-0.05, 0) is 42.8 Å². The van der Waals surface area contributed by atoms with E-state index in [-0.39, 0.29) is 16.5 Å². The van der Waals surface area contributed by atoms with Crippen molar-refractivity contribution >= 4 is 56.9 Å². The molecule has 29 heavy (non-hydrogen) atoms. The summed E-state index contributed by atoms with van der Waals surface area (Å²) in [5.41, 5.74) is 1.38. The lowest BCUT2D eigenvalue weighted by Crippen LogP contribution is -2.31. The average Bonchev–Trinajstić information content (AvgIpc) is 3.39. The first kappa shape index (κ1) is 19.3. The molecule has 4 rings (SSSR count). The highest BCUT2D eigenvalue weighted by molar-refractivity contribution is 7.14. The molecule has 0 bridgehead atoms. The maximum absolute atomic E-state index is 12.7. The summed E-state index contributed by atoms with van der Waals surface area (Å²) >= 11 is 2.37. The Bertz CT molecular complexity index is 1030. The number of piperidine rings is 1. The third-order valence-corrected chi connectivity index (χ3v) is 6.19. The van der Waals surface area contributed by atoms with Crippen molar-refractivity contribution in [2.75, 3.05) is 28.6 Å². The van der Waals surface area contributed by atoms with Crippen LogP contribution < -0.4 is 15.5 Å². The van der Waals surface area contributed by atoms with Crippen LogP contribution in [0.5, 0.6) is 0 Å². The molecule has 150 valence electrons. The summed E-state index contributed by atoms with van der Waals surface area (Å²) in [4.78, 5) is 35.1. The molecule has 3 aromatic rings. The quantitative estimate of drug-likeness (QED) is 0.537. The van der Waals surface area contributed by atoms with E-state index in [9.17, 15) is 14.7 Å². The molecule has 0 aromatic carbocycles. The molecular formula is C19H19N5O3S2. The fourth-order valence-electron chi connectivity index (χ4n) is 3.16. The van der Waals surface area contributed by atoms with Crippen LogP contribution in [-0.2, 0) is 0 Å². The third-order valence-electron chi connectivity index (χ3n) is 4.53. The van der Waals surface area contributed by atoms with Gasteiger partial charge in [-0.3, -0.25) is 4.79 Å². The largest absolute Gasteiger partial charge is 0.477 e. The number of carboxylic acid groups (broad SMARTS) is 1. The summed E-state index contributed by atoms with van der Waals surface area (Å²) < 4.78 is 0. The summed E-state index contributed by atoms with van der Waals surface area (Å²) in [5, 5.41) is 18.9. The Hall–Kier alpha value is -2.98. The number of pyridine rings is 1. The number of carboxylic acids is 1. The summed E-state index contributed by atoms with van der Waals surface area (Å²) in [7, 11) is 0. The summed E-state index contributed by atoms with van der Waals surface area (Å²) in [6.45, 7) is 1.86. The van der Waals surface area contributed by atoms with Crippen LogP contribution in [-0.4, -0.2) is 40.0 Å². The van der Waals surface area contributed by atoms with E-state index in [1.54, 1.807) is 29.1 Å². The van der Waals surface area contributed by atoms with Crippen molar-refractivity contribution in [1.29, 1.82) is 0 Å². The zero-order valence-electron chi connectivity index (χ0n) is 15.4. The van der Waals surface area contributed by atoms with E-state index in [1.807, 2.05) is 6.07 Å². The first-order chi connectivity index (χ1) is 14.1. The number of nitrogens with zero attached hydrogens (tertiary/aromatic N) is 3. The number of nitrogens with one attached hydrogen (secondary N) is 2. The molecule has 8 nitrogen and oxygen atoms in total. The Labute approximate surface area is 175 Å². The molecule has 3 N–H and O–H groups in total. The zero-order chi connectivity index (χ0) is 20.2. The first-order valence-corrected chi connectivity index (χ1v) is 10.9. The van der Waals surface area contributed by atoms with E-state index in [4.69, 9.17) is 0 Å². The van der Waals surface area contributed by atoms with Gasteiger partial charge in [-0.2, -0.15) is 0 Å². The minimum absolute atomic E-state index is 0.202. The highest BCUT2D eigenvalue weighted by atomic mass is 32.1. The predicted molar refractivity (Wildman–Crippen MR) is 115 cm³/mol. The second-order valence-electron chi connectivity index (χ2n) is 6.51. The van der Waals surface area contributed by atoms with Crippen LogP contribution in [0.2, 0.25) is 0 Å². The van der Waals surface area contributed by atoms with Crippen molar-refractivity contribution in [2.45, 2.75) is 19.3 Å². The molecule has 1 aliphatic heterocycles. The van der Waals surface area contributed by atoms with Crippen LogP contribution in [0.4, 0.5) is 22.3 Å². The van der Waals surface area contributed by atoms with Crippen molar-refractivity contribution in [2.24, 2.45) is 0 Å². The van der Waals surface area contributed by atoms with Gasteiger partial charge in [0.15, 0.2) is 10.9 Å². The highest BCUT2D eigenvalue weighted by Gasteiger charge is 2.19. The number of aromatic nitrogens is 2. The van der Waals surface area contributed by atoms with Crippen LogP contribution in [0, 0.1) is 0 Å². The molecule has 4 heterocycles. The van der Waals surface area contributed by atoms with Crippen molar-refractivity contribution in [3.63, 3.8) is 0 Å². The Morgan fingerprint density at radius 1 is 1.10 bits per heavy atom. The molecule has 1 amide bonds. The molecule has 10 heteroatoms. The molecule has 3 aromatic heterocycles. The second kappa shape index (κ2) is 8.58. The third kappa shape index (κ3) is 4.38. The number of anilines is 4. The Morgan fingerprint density at radius 3 is 2.72 bits per heavy atom. The second-order valence-corrected chi connectivity index (χ2v) is 8.28. The Balaban J connectivity index is 1.47.